The predicted octanol–water partition coefficient (Wildman–Crippen LogP) is 3.78. The second-order valence-electron chi connectivity index (χ2n) is 3.44. The number of carbonyl (C=O) groups excluding carboxylic acids is 1. The molecule has 3 nitrogen and oxygen atoms in total. The van der Waals surface area contributed by atoms with Gasteiger partial charge in [-0.2, -0.15) is 0 Å². The number of halogens is 1. The van der Waals surface area contributed by atoms with E-state index in [1.165, 1.54) is 11.3 Å². The van der Waals surface area contributed by atoms with Gasteiger partial charge in [0, 0.05) is 18.7 Å². The van der Waals surface area contributed by atoms with E-state index in [1.807, 2.05) is 18.2 Å². The lowest BCUT2D eigenvalue weighted by atomic mass is 10.2. The minimum Gasteiger partial charge on any atom is -0.496 e. The number of nitrogens with zero attached hydrogens (tertiary/aromatic N) is 1. The predicted molar refractivity (Wildman–Crippen MR) is 71.8 cm³/mol. The van der Waals surface area contributed by atoms with Crippen molar-refractivity contribution < 1.29 is 9.53 Å². The molecule has 5 heteroatoms. The van der Waals surface area contributed by atoms with Crippen molar-refractivity contribution >= 4 is 33.0 Å². The maximum Gasteiger partial charge on any atom is 0.171 e. The van der Waals surface area contributed by atoms with Crippen LogP contribution in [0, 0.1) is 0 Å². The van der Waals surface area contributed by atoms with Gasteiger partial charge in [0.05, 0.1) is 16.5 Å². The van der Waals surface area contributed by atoms with Gasteiger partial charge in [0.25, 0.3) is 0 Å². The van der Waals surface area contributed by atoms with Gasteiger partial charge in [-0.1, -0.05) is 0 Å². The molecule has 1 heterocycles. The Morgan fingerprint density at radius 3 is 2.76 bits per heavy atom. The third-order valence-corrected chi connectivity index (χ3v) is 4.02. The van der Waals surface area contributed by atoms with Crippen LogP contribution in [0.2, 0.25) is 0 Å². The van der Waals surface area contributed by atoms with Crippen LogP contribution in [0.3, 0.4) is 0 Å². The molecule has 1 aromatic heterocycles. The molecule has 0 radical (unpaired) electrons. The van der Waals surface area contributed by atoms with Gasteiger partial charge in [-0.25, -0.2) is 4.98 Å². The van der Waals surface area contributed by atoms with Crippen molar-refractivity contribution in [1.82, 2.24) is 4.98 Å². The minimum atomic E-state index is 0.0429. The average molecular weight is 312 g/mol. The van der Waals surface area contributed by atoms with Crippen LogP contribution in [0.25, 0.3) is 10.6 Å². The van der Waals surface area contributed by atoms with Gasteiger partial charge in [0.15, 0.2) is 5.78 Å². The highest BCUT2D eigenvalue weighted by Gasteiger charge is 2.09. The molecule has 0 amide bonds. The van der Waals surface area contributed by atoms with E-state index in [0.717, 1.165) is 20.8 Å². The van der Waals surface area contributed by atoms with Crippen LogP contribution in [-0.2, 0) is 0 Å². The second kappa shape index (κ2) is 4.98. The number of thiazole rings is 1. The molecule has 1 aromatic carbocycles. The normalized spacial score (nSPS) is 10.3. The van der Waals surface area contributed by atoms with Gasteiger partial charge < -0.3 is 4.74 Å². The molecule has 2 rings (SSSR count). The van der Waals surface area contributed by atoms with E-state index in [0.29, 0.717) is 4.88 Å². The van der Waals surface area contributed by atoms with Crippen molar-refractivity contribution in [3.8, 4) is 16.3 Å². The van der Waals surface area contributed by atoms with Crippen molar-refractivity contribution in [1.29, 1.82) is 0 Å². The molecule has 0 aliphatic carbocycles. The number of carbonyl (C=O) groups is 1. The van der Waals surface area contributed by atoms with E-state index in [-0.39, 0.29) is 5.78 Å². The van der Waals surface area contributed by atoms with Crippen molar-refractivity contribution in [3.05, 3.63) is 33.7 Å². The number of Topliss-reactive ketones (excluding diaryl/α,β-unsaturated/α-hetero) is 1. The van der Waals surface area contributed by atoms with E-state index in [1.54, 1.807) is 20.2 Å². The van der Waals surface area contributed by atoms with E-state index in [2.05, 4.69) is 20.9 Å². The Morgan fingerprint density at radius 2 is 2.24 bits per heavy atom. The summed E-state index contributed by atoms with van der Waals surface area (Å²) in [5.74, 6) is 0.818. The lowest BCUT2D eigenvalue weighted by Gasteiger charge is -2.03. The van der Waals surface area contributed by atoms with Crippen molar-refractivity contribution in [2.75, 3.05) is 7.11 Å². The summed E-state index contributed by atoms with van der Waals surface area (Å²) < 4.78 is 6.03. The second-order valence-corrected chi connectivity index (χ2v) is 5.32. The first-order chi connectivity index (χ1) is 8.11. The highest BCUT2D eigenvalue weighted by Crippen LogP contribution is 2.32. The summed E-state index contributed by atoms with van der Waals surface area (Å²) in [6.07, 6.45) is 1.61. The van der Waals surface area contributed by atoms with Crippen LogP contribution in [0.1, 0.15) is 16.6 Å². The van der Waals surface area contributed by atoms with Gasteiger partial charge in [-0.3, -0.25) is 4.79 Å². The number of hydrogen-bond donors (Lipinski definition) is 0. The van der Waals surface area contributed by atoms with Crippen molar-refractivity contribution in [3.63, 3.8) is 0 Å². The molecule has 88 valence electrons. The summed E-state index contributed by atoms with van der Waals surface area (Å²) in [5.41, 5.74) is 0.968. The van der Waals surface area contributed by atoms with Crippen molar-refractivity contribution in [2.45, 2.75) is 6.92 Å². The summed E-state index contributed by atoms with van der Waals surface area (Å²) >= 11 is 4.82. The molecule has 0 saturated carbocycles. The summed E-state index contributed by atoms with van der Waals surface area (Å²) in [4.78, 5) is 16.1. The number of rotatable bonds is 3. The van der Waals surface area contributed by atoms with Gasteiger partial charge in [0.1, 0.15) is 10.8 Å². The van der Waals surface area contributed by atoms with Crippen LogP contribution in [0.5, 0.6) is 5.75 Å². The largest absolute Gasteiger partial charge is 0.496 e. The van der Waals surface area contributed by atoms with Gasteiger partial charge in [-0.05, 0) is 34.1 Å². The molecular weight excluding hydrogens is 302 g/mol. The zero-order valence-corrected chi connectivity index (χ0v) is 11.8. The summed E-state index contributed by atoms with van der Waals surface area (Å²) in [7, 11) is 1.62. The quantitative estimate of drug-likeness (QED) is 0.810. The molecule has 0 N–H and O–H groups in total. The summed E-state index contributed by atoms with van der Waals surface area (Å²) in [5, 5.41) is 0.832. The van der Waals surface area contributed by atoms with E-state index >= 15 is 0 Å². The molecule has 2 aromatic rings. The molecule has 0 atom stereocenters. The number of benzene rings is 1. The first kappa shape index (κ1) is 12.3. The topological polar surface area (TPSA) is 39.2 Å². The fraction of sp³-hybridized carbons (Fsp3) is 0.167. The Morgan fingerprint density at radius 1 is 1.47 bits per heavy atom. The average Bonchev–Trinajstić information content (AvgIpc) is 2.78. The number of aromatic nitrogens is 1. The SMILES string of the molecule is COc1ccc(-c2ncc(C(C)=O)s2)cc1Br. The number of ether oxygens (including phenoxy) is 1. The zero-order valence-electron chi connectivity index (χ0n) is 9.36. The molecule has 0 aliphatic rings. The Bertz CT molecular complexity index is 565. The van der Waals surface area contributed by atoms with Crippen LogP contribution in [0.15, 0.2) is 28.9 Å². The fourth-order valence-corrected chi connectivity index (χ4v) is 2.72. The van der Waals surface area contributed by atoms with Gasteiger partial charge in [0.2, 0.25) is 0 Å². The third-order valence-electron chi connectivity index (χ3n) is 2.25. The van der Waals surface area contributed by atoms with E-state index in [9.17, 15) is 4.79 Å². The van der Waals surface area contributed by atoms with Crippen molar-refractivity contribution in [2.24, 2.45) is 0 Å². The Labute approximate surface area is 112 Å². The number of methoxy groups -OCH3 is 1. The Balaban J connectivity index is 2.39. The van der Waals surface area contributed by atoms with Crippen LogP contribution >= 0.6 is 27.3 Å². The lowest BCUT2D eigenvalue weighted by molar-refractivity contribution is 0.102. The minimum absolute atomic E-state index is 0.0429. The number of ketones is 1. The lowest BCUT2D eigenvalue weighted by Crippen LogP contribution is -1.84. The standard InChI is InChI=1S/C12H10BrNO2S/c1-7(15)11-6-14-12(17-11)8-3-4-10(16-2)9(13)5-8/h3-6H,1-2H3. The van der Waals surface area contributed by atoms with Gasteiger partial charge >= 0.3 is 0 Å². The zero-order chi connectivity index (χ0) is 12.4. The maximum atomic E-state index is 11.2. The van der Waals surface area contributed by atoms with Crippen LogP contribution in [0.4, 0.5) is 0 Å². The van der Waals surface area contributed by atoms with E-state index < -0.39 is 0 Å². The van der Waals surface area contributed by atoms with Gasteiger partial charge in [-0.15, -0.1) is 11.3 Å². The maximum absolute atomic E-state index is 11.2. The Kier molecular flexibility index (Phi) is 3.59. The first-order valence-electron chi connectivity index (χ1n) is 4.92. The first-order valence-corrected chi connectivity index (χ1v) is 6.53. The molecule has 0 unspecified atom stereocenters. The molecule has 0 fully saturated rings. The summed E-state index contributed by atoms with van der Waals surface area (Å²) in [6.45, 7) is 1.54. The molecule has 0 bridgehead atoms. The highest BCUT2D eigenvalue weighted by atomic mass is 79.9. The van der Waals surface area contributed by atoms with E-state index in [4.69, 9.17) is 4.74 Å². The fourth-order valence-electron chi connectivity index (χ4n) is 1.37. The molecule has 0 aliphatic heterocycles. The summed E-state index contributed by atoms with van der Waals surface area (Å²) in [6, 6.07) is 5.72. The third kappa shape index (κ3) is 2.56. The van der Waals surface area contributed by atoms with Crippen LogP contribution in [-0.4, -0.2) is 17.9 Å². The molecule has 0 saturated heterocycles. The number of hydrogen-bond acceptors (Lipinski definition) is 4. The Hall–Kier alpha value is -1.20. The molecule has 17 heavy (non-hydrogen) atoms. The highest BCUT2D eigenvalue weighted by molar-refractivity contribution is 9.10. The molecule has 0 spiro atoms. The van der Waals surface area contributed by atoms with Crippen LogP contribution < -0.4 is 4.74 Å². The monoisotopic (exact) mass is 311 g/mol. The molecular formula is C12H10BrNO2S. The smallest absolute Gasteiger partial charge is 0.171 e.